The summed E-state index contributed by atoms with van der Waals surface area (Å²) < 4.78 is 5.00. The number of nitrogens with one attached hydrogen (secondary N) is 1. The first-order valence-electron chi connectivity index (χ1n) is 6.79. The fourth-order valence-electron chi connectivity index (χ4n) is 2.09. The van der Waals surface area contributed by atoms with Gasteiger partial charge in [0.05, 0.1) is 0 Å². The van der Waals surface area contributed by atoms with Crippen molar-refractivity contribution in [2.24, 2.45) is 0 Å². The Morgan fingerprint density at radius 3 is 2.74 bits per heavy atom. The van der Waals surface area contributed by atoms with Gasteiger partial charge in [0.15, 0.2) is 0 Å². The largest absolute Gasteiger partial charge is 0.385 e. The SMILES string of the molecule is COCCCCNc1nc(N)nc(N2CCCC2)n1. The molecule has 1 aromatic heterocycles. The van der Waals surface area contributed by atoms with Crippen LogP contribution >= 0.6 is 0 Å². The standard InChI is InChI=1S/C12H22N6O/c1-19-9-5-2-6-14-11-15-10(13)16-12(17-11)18-7-3-4-8-18/h2-9H2,1H3,(H3,13,14,15,16,17). The minimum Gasteiger partial charge on any atom is -0.385 e. The minimum atomic E-state index is 0.274. The molecule has 0 aromatic carbocycles. The number of nitrogens with two attached hydrogens (primary N) is 1. The molecule has 2 rings (SSSR count). The van der Waals surface area contributed by atoms with E-state index in [1.165, 1.54) is 12.8 Å². The van der Waals surface area contributed by atoms with E-state index in [0.29, 0.717) is 11.9 Å². The van der Waals surface area contributed by atoms with E-state index in [0.717, 1.165) is 39.1 Å². The maximum absolute atomic E-state index is 5.73. The van der Waals surface area contributed by atoms with Crippen molar-refractivity contribution in [2.75, 3.05) is 49.3 Å². The van der Waals surface area contributed by atoms with Crippen LogP contribution in [0.25, 0.3) is 0 Å². The Morgan fingerprint density at radius 1 is 1.21 bits per heavy atom. The molecule has 2 heterocycles. The Kier molecular flexibility index (Phi) is 5.14. The maximum Gasteiger partial charge on any atom is 0.231 e. The molecule has 1 aromatic rings. The van der Waals surface area contributed by atoms with Crippen molar-refractivity contribution in [1.29, 1.82) is 0 Å². The molecule has 1 saturated heterocycles. The van der Waals surface area contributed by atoms with Gasteiger partial charge in [0.25, 0.3) is 0 Å². The van der Waals surface area contributed by atoms with Gasteiger partial charge in [0.2, 0.25) is 17.8 Å². The molecule has 0 spiro atoms. The van der Waals surface area contributed by atoms with Gasteiger partial charge in [0.1, 0.15) is 0 Å². The number of rotatable bonds is 7. The summed E-state index contributed by atoms with van der Waals surface area (Å²) in [5.41, 5.74) is 5.73. The molecule has 0 atom stereocenters. The summed E-state index contributed by atoms with van der Waals surface area (Å²) in [4.78, 5) is 14.9. The third kappa shape index (κ3) is 4.20. The van der Waals surface area contributed by atoms with Gasteiger partial charge in [0, 0.05) is 33.4 Å². The quantitative estimate of drug-likeness (QED) is 0.708. The van der Waals surface area contributed by atoms with Crippen molar-refractivity contribution < 1.29 is 4.74 Å². The van der Waals surface area contributed by atoms with E-state index in [9.17, 15) is 0 Å². The first-order valence-corrected chi connectivity index (χ1v) is 6.79. The van der Waals surface area contributed by atoms with Crippen LogP contribution in [-0.4, -0.2) is 48.3 Å². The third-order valence-corrected chi connectivity index (χ3v) is 3.09. The highest BCUT2D eigenvalue weighted by Crippen LogP contribution is 2.17. The second kappa shape index (κ2) is 7.08. The highest BCUT2D eigenvalue weighted by atomic mass is 16.5. The third-order valence-electron chi connectivity index (χ3n) is 3.09. The van der Waals surface area contributed by atoms with Crippen LogP contribution in [0.3, 0.4) is 0 Å². The summed E-state index contributed by atoms with van der Waals surface area (Å²) >= 11 is 0. The lowest BCUT2D eigenvalue weighted by Crippen LogP contribution is -2.22. The lowest BCUT2D eigenvalue weighted by atomic mass is 10.3. The summed E-state index contributed by atoms with van der Waals surface area (Å²) in [6, 6.07) is 0. The van der Waals surface area contributed by atoms with Crippen molar-refractivity contribution in [2.45, 2.75) is 25.7 Å². The summed E-state index contributed by atoms with van der Waals surface area (Å²) in [6.07, 6.45) is 4.40. The Bertz CT molecular complexity index is 394. The number of methoxy groups -OCH3 is 1. The smallest absolute Gasteiger partial charge is 0.231 e. The molecule has 0 unspecified atom stereocenters. The van der Waals surface area contributed by atoms with Crippen LogP contribution in [0.2, 0.25) is 0 Å². The van der Waals surface area contributed by atoms with E-state index in [4.69, 9.17) is 10.5 Å². The van der Waals surface area contributed by atoms with E-state index in [1.807, 2.05) is 0 Å². The topological polar surface area (TPSA) is 89.2 Å². The molecular weight excluding hydrogens is 244 g/mol. The molecular formula is C12H22N6O. The minimum absolute atomic E-state index is 0.274. The van der Waals surface area contributed by atoms with E-state index < -0.39 is 0 Å². The van der Waals surface area contributed by atoms with Gasteiger partial charge < -0.3 is 20.7 Å². The summed E-state index contributed by atoms with van der Waals surface area (Å²) in [6.45, 7) is 3.58. The molecule has 7 nitrogen and oxygen atoms in total. The molecule has 0 bridgehead atoms. The Labute approximate surface area is 113 Å². The number of nitrogen functional groups attached to an aromatic ring is 1. The number of unbranched alkanes of at least 4 members (excludes halogenated alkanes) is 1. The normalized spacial score (nSPS) is 14.9. The van der Waals surface area contributed by atoms with E-state index in [2.05, 4.69) is 25.2 Å². The monoisotopic (exact) mass is 266 g/mol. The van der Waals surface area contributed by atoms with E-state index in [1.54, 1.807) is 7.11 Å². The summed E-state index contributed by atoms with van der Waals surface area (Å²) in [7, 11) is 1.71. The number of nitrogens with zero attached hydrogens (tertiary/aromatic N) is 4. The van der Waals surface area contributed by atoms with Gasteiger partial charge in [-0.1, -0.05) is 0 Å². The van der Waals surface area contributed by atoms with Crippen LogP contribution in [0.15, 0.2) is 0 Å². The zero-order valence-corrected chi connectivity index (χ0v) is 11.4. The molecule has 19 heavy (non-hydrogen) atoms. The molecule has 0 radical (unpaired) electrons. The fourth-order valence-corrected chi connectivity index (χ4v) is 2.09. The van der Waals surface area contributed by atoms with Gasteiger partial charge in [-0.15, -0.1) is 0 Å². The van der Waals surface area contributed by atoms with Gasteiger partial charge in [-0.2, -0.15) is 15.0 Å². The predicted octanol–water partition coefficient (Wildman–Crippen LogP) is 0.892. The number of hydrogen-bond acceptors (Lipinski definition) is 7. The first kappa shape index (κ1) is 13.8. The number of hydrogen-bond donors (Lipinski definition) is 2. The Morgan fingerprint density at radius 2 is 2.00 bits per heavy atom. The van der Waals surface area contributed by atoms with Crippen LogP contribution < -0.4 is 16.0 Å². The average Bonchev–Trinajstić information content (AvgIpc) is 2.92. The van der Waals surface area contributed by atoms with Crippen LogP contribution in [0.4, 0.5) is 17.8 Å². The molecule has 7 heteroatoms. The molecule has 0 amide bonds. The Balaban J connectivity index is 1.89. The molecule has 0 aliphatic carbocycles. The van der Waals surface area contributed by atoms with Gasteiger partial charge in [-0.05, 0) is 25.7 Å². The first-order chi connectivity index (χ1) is 9.29. The molecule has 106 valence electrons. The fraction of sp³-hybridized carbons (Fsp3) is 0.750. The summed E-state index contributed by atoms with van der Waals surface area (Å²) in [5.74, 6) is 1.52. The van der Waals surface area contributed by atoms with Crippen LogP contribution in [-0.2, 0) is 4.74 Å². The van der Waals surface area contributed by atoms with Gasteiger partial charge in [-0.3, -0.25) is 0 Å². The summed E-state index contributed by atoms with van der Waals surface area (Å²) in [5, 5.41) is 3.18. The van der Waals surface area contributed by atoms with Crippen LogP contribution in [0.1, 0.15) is 25.7 Å². The second-order valence-corrected chi connectivity index (χ2v) is 4.64. The number of anilines is 3. The molecule has 1 fully saturated rings. The van der Waals surface area contributed by atoms with Gasteiger partial charge in [-0.25, -0.2) is 0 Å². The van der Waals surface area contributed by atoms with Crippen molar-refractivity contribution in [1.82, 2.24) is 15.0 Å². The molecule has 3 N–H and O–H groups in total. The van der Waals surface area contributed by atoms with E-state index in [-0.39, 0.29) is 5.95 Å². The lowest BCUT2D eigenvalue weighted by molar-refractivity contribution is 0.193. The predicted molar refractivity (Wildman–Crippen MR) is 75.3 cm³/mol. The molecule has 1 aliphatic rings. The second-order valence-electron chi connectivity index (χ2n) is 4.64. The zero-order chi connectivity index (χ0) is 13.5. The zero-order valence-electron chi connectivity index (χ0n) is 11.4. The highest BCUT2D eigenvalue weighted by Gasteiger charge is 2.16. The lowest BCUT2D eigenvalue weighted by Gasteiger charge is -2.16. The molecule has 0 saturated carbocycles. The van der Waals surface area contributed by atoms with Crippen molar-refractivity contribution >= 4 is 17.8 Å². The number of ether oxygens (including phenoxy) is 1. The van der Waals surface area contributed by atoms with Crippen molar-refractivity contribution in [3.8, 4) is 0 Å². The number of aromatic nitrogens is 3. The maximum atomic E-state index is 5.73. The Hall–Kier alpha value is -1.63. The van der Waals surface area contributed by atoms with Gasteiger partial charge >= 0.3 is 0 Å². The van der Waals surface area contributed by atoms with Crippen molar-refractivity contribution in [3.63, 3.8) is 0 Å². The van der Waals surface area contributed by atoms with E-state index >= 15 is 0 Å². The van der Waals surface area contributed by atoms with Crippen molar-refractivity contribution in [3.05, 3.63) is 0 Å². The van der Waals surface area contributed by atoms with Crippen LogP contribution in [0.5, 0.6) is 0 Å². The van der Waals surface area contributed by atoms with Crippen LogP contribution in [0, 0.1) is 0 Å². The highest BCUT2D eigenvalue weighted by molar-refractivity contribution is 5.42. The average molecular weight is 266 g/mol. The molecule has 1 aliphatic heterocycles.